The molecule has 2 aromatic heterocycles. The van der Waals surface area contributed by atoms with Gasteiger partial charge in [0.15, 0.2) is 0 Å². The first-order valence-corrected chi connectivity index (χ1v) is 13.2. The molecule has 0 radical (unpaired) electrons. The summed E-state index contributed by atoms with van der Waals surface area (Å²) in [6, 6.07) is 32.3. The maximum absolute atomic E-state index is 6.21. The van der Waals surface area contributed by atoms with Crippen LogP contribution in [0.2, 0.25) is 0 Å². The quantitative estimate of drug-likeness (QED) is 0.257. The van der Waals surface area contributed by atoms with Crippen LogP contribution in [0.1, 0.15) is 0 Å². The summed E-state index contributed by atoms with van der Waals surface area (Å²) >= 11 is 6.21. The molecular weight excluding hydrogens is 403 g/mol. The van der Waals surface area contributed by atoms with Crippen LogP contribution in [0.3, 0.4) is 0 Å². The van der Waals surface area contributed by atoms with Crippen LogP contribution in [0.15, 0.2) is 97.1 Å². The van der Waals surface area contributed by atoms with E-state index in [9.17, 15) is 0 Å². The highest BCUT2D eigenvalue weighted by Gasteiger charge is 2.19. The molecule has 0 aliphatic heterocycles. The summed E-state index contributed by atoms with van der Waals surface area (Å²) in [6.45, 7) is 2.22. The fraction of sp³-hybridized carbons (Fsp3) is 0.0385. The van der Waals surface area contributed by atoms with Gasteiger partial charge in [-0.2, -0.15) is 0 Å². The molecule has 4 heteroatoms. The third-order valence-electron chi connectivity index (χ3n) is 5.98. The second-order valence-corrected chi connectivity index (χ2v) is 12.8. The molecule has 0 aliphatic carbocycles. The first-order chi connectivity index (χ1) is 14.6. The molecule has 0 aliphatic rings. The first-order valence-electron chi connectivity index (χ1n) is 10.00. The molecule has 144 valence electrons. The van der Waals surface area contributed by atoms with Crippen molar-refractivity contribution < 1.29 is 0 Å². The normalized spacial score (nSPS) is 13.9. The van der Waals surface area contributed by atoms with E-state index in [-0.39, 0.29) is 0 Å². The van der Waals surface area contributed by atoms with E-state index in [2.05, 4.69) is 96.0 Å². The van der Waals surface area contributed by atoms with Crippen LogP contribution in [-0.2, 0) is 11.8 Å². The van der Waals surface area contributed by atoms with Gasteiger partial charge in [-0.3, -0.25) is 4.40 Å². The largest absolute Gasteiger partial charge is 0.292 e. The molecule has 2 heterocycles. The predicted octanol–water partition coefficient (Wildman–Crippen LogP) is 5.85. The van der Waals surface area contributed by atoms with Crippen molar-refractivity contribution in [3.05, 3.63) is 97.1 Å². The number of aromatic nitrogens is 2. The van der Waals surface area contributed by atoms with Crippen LogP contribution < -0.4 is 10.6 Å². The average Bonchev–Trinajstić information content (AvgIpc) is 3.19. The number of rotatable bonds is 2. The Morgan fingerprint density at radius 1 is 0.667 bits per heavy atom. The van der Waals surface area contributed by atoms with Crippen molar-refractivity contribution in [1.29, 1.82) is 0 Å². The van der Waals surface area contributed by atoms with Crippen LogP contribution in [0, 0.1) is 0 Å². The lowest BCUT2D eigenvalue weighted by molar-refractivity contribution is 1.32. The summed E-state index contributed by atoms with van der Waals surface area (Å²) in [5, 5.41) is 6.08. The van der Waals surface area contributed by atoms with Gasteiger partial charge in [-0.25, -0.2) is 4.98 Å². The molecule has 0 N–H and O–H groups in total. The standard InChI is InChI=1S/C26H19N2PS/c1-29(30,18-9-3-2-4-10-18)19-15-16-20-21-11-5-7-13-24(21)28-25-14-8-6-12-23(25)27-26(28)22(20)17-19/h2-17H,1H3. The van der Waals surface area contributed by atoms with E-state index in [0.29, 0.717) is 0 Å². The molecule has 0 amide bonds. The molecular formula is C26H19N2PS. The Hall–Kier alpha value is -3.00. The minimum absolute atomic E-state index is 0.995. The number of hydrogen-bond acceptors (Lipinski definition) is 2. The lowest BCUT2D eigenvalue weighted by Gasteiger charge is -2.19. The number of benzene rings is 4. The van der Waals surface area contributed by atoms with Crippen LogP contribution in [0.4, 0.5) is 0 Å². The van der Waals surface area contributed by atoms with Crippen molar-refractivity contribution in [2.75, 3.05) is 6.66 Å². The Bertz CT molecular complexity index is 1630. The van der Waals surface area contributed by atoms with E-state index < -0.39 is 6.04 Å². The Morgan fingerprint density at radius 3 is 2.20 bits per heavy atom. The van der Waals surface area contributed by atoms with Gasteiger partial charge in [0.25, 0.3) is 0 Å². The molecule has 0 saturated carbocycles. The lowest BCUT2D eigenvalue weighted by atomic mass is 10.1. The molecule has 30 heavy (non-hydrogen) atoms. The van der Waals surface area contributed by atoms with Gasteiger partial charge in [-0.1, -0.05) is 84.6 Å². The smallest absolute Gasteiger partial charge is 0.146 e. The molecule has 1 unspecified atom stereocenters. The molecule has 0 saturated heterocycles. The average molecular weight is 422 g/mol. The minimum atomic E-state index is -1.88. The molecule has 0 bridgehead atoms. The van der Waals surface area contributed by atoms with Crippen molar-refractivity contribution in [3.8, 4) is 0 Å². The van der Waals surface area contributed by atoms with Crippen molar-refractivity contribution in [2.45, 2.75) is 0 Å². The number of pyridine rings is 1. The number of hydrogen-bond donors (Lipinski definition) is 0. The summed E-state index contributed by atoms with van der Waals surface area (Å²) in [5.74, 6) is 0. The highest BCUT2D eigenvalue weighted by molar-refractivity contribution is 8.21. The van der Waals surface area contributed by atoms with E-state index in [1.165, 1.54) is 26.9 Å². The number of fused-ring (bicyclic) bond motifs is 8. The highest BCUT2D eigenvalue weighted by Crippen LogP contribution is 2.41. The second-order valence-electron chi connectivity index (χ2n) is 7.77. The van der Waals surface area contributed by atoms with Crippen LogP contribution in [-0.4, -0.2) is 16.0 Å². The van der Waals surface area contributed by atoms with Gasteiger partial charge in [0.05, 0.1) is 16.6 Å². The van der Waals surface area contributed by atoms with Crippen LogP contribution in [0.25, 0.3) is 38.4 Å². The molecule has 6 rings (SSSR count). The van der Waals surface area contributed by atoms with Gasteiger partial charge in [-0.05, 0) is 46.9 Å². The SMILES string of the molecule is CP(=S)(c1ccccc1)c1ccc2c3ccccc3n3c4ccccc4nc3c2c1. The summed E-state index contributed by atoms with van der Waals surface area (Å²) in [4.78, 5) is 5.03. The van der Waals surface area contributed by atoms with Crippen molar-refractivity contribution in [3.63, 3.8) is 0 Å². The summed E-state index contributed by atoms with van der Waals surface area (Å²) in [7, 11) is 0. The Balaban J connectivity index is 1.77. The van der Waals surface area contributed by atoms with Crippen molar-refractivity contribution >= 4 is 66.8 Å². The summed E-state index contributed by atoms with van der Waals surface area (Å²) in [6.07, 6.45) is 0. The van der Waals surface area contributed by atoms with Gasteiger partial charge < -0.3 is 0 Å². The third-order valence-corrected chi connectivity index (χ3v) is 9.79. The zero-order chi connectivity index (χ0) is 20.3. The fourth-order valence-electron chi connectivity index (χ4n) is 4.43. The summed E-state index contributed by atoms with van der Waals surface area (Å²) in [5.41, 5.74) is 4.32. The Labute approximate surface area is 179 Å². The zero-order valence-corrected chi connectivity index (χ0v) is 18.2. The lowest BCUT2D eigenvalue weighted by Crippen LogP contribution is -2.14. The van der Waals surface area contributed by atoms with E-state index >= 15 is 0 Å². The first kappa shape index (κ1) is 17.8. The van der Waals surface area contributed by atoms with E-state index in [4.69, 9.17) is 16.8 Å². The van der Waals surface area contributed by atoms with E-state index in [0.717, 1.165) is 22.1 Å². The van der Waals surface area contributed by atoms with E-state index in [1.54, 1.807) is 0 Å². The second kappa shape index (κ2) is 6.50. The van der Waals surface area contributed by atoms with Crippen molar-refractivity contribution in [2.24, 2.45) is 0 Å². The molecule has 2 nitrogen and oxygen atoms in total. The number of imidazole rings is 1. The molecule has 0 fully saturated rings. The molecule has 0 spiro atoms. The van der Waals surface area contributed by atoms with Gasteiger partial charge >= 0.3 is 0 Å². The van der Waals surface area contributed by atoms with Crippen molar-refractivity contribution in [1.82, 2.24) is 9.38 Å². The topological polar surface area (TPSA) is 17.3 Å². The van der Waals surface area contributed by atoms with Gasteiger partial charge in [0.1, 0.15) is 5.65 Å². The molecule has 6 aromatic rings. The van der Waals surface area contributed by atoms with Crippen LogP contribution in [0.5, 0.6) is 0 Å². The van der Waals surface area contributed by atoms with E-state index in [1.807, 2.05) is 12.1 Å². The van der Waals surface area contributed by atoms with Gasteiger partial charge in [-0.15, -0.1) is 0 Å². The minimum Gasteiger partial charge on any atom is -0.292 e. The fourth-order valence-corrected chi connectivity index (χ4v) is 6.91. The number of nitrogens with zero attached hydrogens (tertiary/aromatic N) is 2. The monoisotopic (exact) mass is 422 g/mol. The summed E-state index contributed by atoms with van der Waals surface area (Å²) < 4.78 is 2.29. The predicted molar refractivity (Wildman–Crippen MR) is 134 cm³/mol. The van der Waals surface area contributed by atoms with Gasteiger partial charge in [0, 0.05) is 16.8 Å². The number of para-hydroxylation sites is 3. The zero-order valence-electron chi connectivity index (χ0n) is 16.5. The van der Waals surface area contributed by atoms with Gasteiger partial charge in [0.2, 0.25) is 0 Å². The maximum Gasteiger partial charge on any atom is 0.146 e. The molecule has 1 atom stereocenters. The Kier molecular flexibility index (Phi) is 3.86. The Morgan fingerprint density at radius 2 is 1.37 bits per heavy atom. The highest BCUT2D eigenvalue weighted by atomic mass is 32.4. The molecule has 4 aromatic carbocycles. The third kappa shape index (κ3) is 2.49. The maximum atomic E-state index is 6.21. The van der Waals surface area contributed by atoms with Crippen LogP contribution >= 0.6 is 6.04 Å².